The van der Waals surface area contributed by atoms with Crippen LogP contribution in [0.2, 0.25) is 0 Å². The van der Waals surface area contributed by atoms with Gasteiger partial charge in [0, 0.05) is 19.5 Å². The number of likely N-dealkylation sites (N-methyl/N-ethyl adjacent to an activating group) is 1. The van der Waals surface area contributed by atoms with Gasteiger partial charge in [0.1, 0.15) is 5.56 Å². The maximum atomic E-state index is 13.3. The Morgan fingerprint density at radius 2 is 2.03 bits per heavy atom. The number of fused-ring (bicyclic) bond motifs is 1. The quantitative estimate of drug-likeness (QED) is 0.455. The Kier molecular flexibility index (Phi) is 8.03. The maximum Gasteiger partial charge on any atom is 0.313 e. The average Bonchev–Trinajstić information content (AvgIpc) is 3.29. The first-order chi connectivity index (χ1) is 17.7. The molecule has 3 heterocycles. The van der Waals surface area contributed by atoms with Crippen LogP contribution < -0.4 is 15.8 Å². The second kappa shape index (κ2) is 11.2. The highest BCUT2D eigenvalue weighted by Crippen LogP contribution is 2.35. The first-order valence-electron chi connectivity index (χ1n) is 12.2. The van der Waals surface area contributed by atoms with Crippen LogP contribution in [0.3, 0.4) is 0 Å². The normalized spacial score (nSPS) is 17.7. The van der Waals surface area contributed by atoms with E-state index >= 15 is 0 Å². The van der Waals surface area contributed by atoms with E-state index < -0.39 is 17.7 Å². The highest BCUT2D eigenvalue weighted by Gasteiger charge is 2.34. The van der Waals surface area contributed by atoms with Gasteiger partial charge in [-0.25, -0.2) is 9.97 Å². The van der Waals surface area contributed by atoms with Crippen molar-refractivity contribution in [3.8, 4) is 5.88 Å². The SMILES string of the molecule is COc1ncc(NC(=O)C(=O)N2C[C@@H](C)CC[C@@H]2c2ccc3sc(CCN(C)C)nc3c2)cc1C(N)=O. The lowest BCUT2D eigenvalue weighted by Gasteiger charge is -2.38. The van der Waals surface area contributed by atoms with E-state index in [0.717, 1.165) is 46.6 Å². The van der Waals surface area contributed by atoms with E-state index in [0.29, 0.717) is 6.54 Å². The van der Waals surface area contributed by atoms with E-state index in [1.807, 2.05) is 26.2 Å². The van der Waals surface area contributed by atoms with Crippen LogP contribution in [0.1, 0.15) is 46.7 Å². The second-order valence-electron chi connectivity index (χ2n) is 9.64. The van der Waals surface area contributed by atoms with Gasteiger partial charge in [-0.3, -0.25) is 14.4 Å². The fourth-order valence-electron chi connectivity index (χ4n) is 4.52. The van der Waals surface area contributed by atoms with Crippen LogP contribution in [0.15, 0.2) is 30.5 Å². The molecule has 0 saturated carbocycles. The van der Waals surface area contributed by atoms with Gasteiger partial charge in [-0.2, -0.15) is 0 Å². The Morgan fingerprint density at radius 1 is 1.24 bits per heavy atom. The average molecular weight is 525 g/mol. The molecule has 0 unspecified atom stereocenters. The summed E-state index contributed by atoms with van der Waals surface area (Å²) in [5.41, 5.74) is 7.46. The van der Waals surface area contributed by atoms with Crippen LogP contribution in [0.5, 0.6) is 5.88 Å². The summed E-state index contributed by atoms with van der Waals surface area (Å²) in [6.07, 6.45) is 3.89. The van der Waals surface area contributed by atoms with Crippen molar-refractivity contribution in [1.82, 2.24) is 19.8 Å². The van der Waals surface area contributed by atoms with Crippen LogP contribution in [0.4, 0.5) is 5.69 Å². The van der Waals surface area contributed by atoms with Crippen LogP contribution in [-0.2, 0) is 16.0 Å². The standard InChI is InChI=1S/C26H32N6O4S/c1-15-5-7-20(16-6-8-21-19(11-16)30-22(37-21)9-10-31(2)3)32(14-15)26(35)24(34)29-17-12-18(23(27)33)25(36-4)28-13-17/h6,8,11-13,15,20H,5,7,9-10,14H2,1-4H3,(H2,27,33)(H,29,34)/t15-,20+/m0/s1. The fourth-order valence-corrected chi connectivity index (χ4v) is 5.46. The van der Waals surface area contributed by atoms with Crippen molar-refractivity contribution in [1.29, 1.82) is 0 Å². The van der Waals surface area contributed by atoms with Crippen molar-refractivity contribution in [2.75, 3.05) is 39.6 Å². The monoisotopic (exact) mass is 524 g/mol. The smallest absolute Gasteiger partial charge is 0.313 e. The largest absolute Gasteiger partial charge is 0.480 e. The van der Waals surface area contributed by atoms with Gasteiger partial charge in [-0.05, 0) is 56.6 Å². The Labute approximate surface area is 219 Å². The van der Waals surface area contributed by atoms with E-state index in [9.17, 15) is 14.4 Å². The van der Waals surface area contributed by atoms with Gasteiger partial charge in [0.25, 0.3) is 5.91 Å². The zero-order valence-corrected chi connectivity index (χ0v) is 22.3. The van der Waals surface area contributed by atoms with Gasteiger partial charge < -0.3 is 25.6 Å². The molecule has 4 rings (SSSR count). The van der Waals surface area contributed by atoms with Gasteiger partial charge in [0.05, 0.1) is 40.3 Å². The van der Waals surface area contributed by atoms with Crippen molar-refractivity contribution in [3.05, 3.63) is 46.6 Å². The summed E-state index contributed by atoms with van der Waals surface area (Å²) in [4.78, 5) is 50.6. The minimum atomic E-state index is -0.804. The topological polar surface area (TPSA) is 131 Å². The number of likely N-dealkylation sites (tertiary alicyclic amines) is 1. The van der Waals surface area contributed by atoms with Gasteiger partial charge >= 0.3 is 11.8 Å². The molecule has 0 aliphatic carbocycles. The van der Waals surface area contributed by atoms with E-state index in [1.54, 1.807) is 16.2 Å². The van der Waals surface area contributed by atoms with Crippen molar-refractivity contribution in [3.63, 3.8) is 0 Å². The highest BCUT2D eigenvalue weighted by molar-refractivity contribution is 7.18. The predicted molar refractivity (Wildman–Crippen MR) is 143 cm³/mol. The summed E-state index contributed by atoms with van der Waals surface area (Å²) < 4.78 is 6.14. The van der Waals surface area contributed by atoms with E-state index in [1.165, 1.54) is 19.4 Å². The molecule has 3 N–H and O–H groups in total. The number of hydrogen-bond donors (Lipinski definition) is 2. The molecule has 11 heteroatoms. The molecule has 1 aromatic carbocycles. The lowest BCUT2D eigenvalue weighted by Crippen LogP contribution is -2.46. The first kappa shape index (κ1) is 26.5. The molecule has 2 atom stereocenters. The lowest BCUT2D eigenvalue weighted by molar-refractivity contribution is -0.146. The molecule has 3 amide bonds. The Morgan fingerprint density at radius 3 is 2.73 bits per heavy atom. The summed E-state index contributed by atoms with van der Waals surface area (Å²) in [6.45, 7) is 3.46. The first-order valence-corrected chi connectivity index (χ1v) is 13.0. The zero-order valence-electron chi connectivity index (χ0n) is 21.5. The summed E-state index contributed by atoms with van der Waals surface area (Å²) in [6, 6.07) is 7.23. The number of methoxy groups -OCH3 is 1. The number of thiazole rings is 1. The molecule has 37 heavy (non-hydrogen) atoms. The molecule has 0 radical (unpaired) electrons. The maximum absolute atomic E-state index is 13.3. The number of piperidine rings is 1. The number of hydrogen-bond acceptors (Lipinski definition) is 8. The molecule has 0 bridgehead atoms. The van der Waals surface area contributed by atoms with Gasteiger partial charge in [0.2, 0.25) is 5.88 Å². The number of anilines is 1. The number of aromatic nitrogens is 2. The third-order valence-electron chi connectivity index (χ3n) is 6.45. The molecule has 1 aliphatic rings. The summed E-state index contributed by atoms with van der Waals surface area (Å²) >= 11 is 1.68. The summed E-state index contributed by atoms with van der Waals surface area (Å²) in [5, 5.41) is 3.64. The molecule has 196 valence electrons. The number of nitrogens with two attached hydrogens (primary N) is 1. The lowest BCUT2D eigenvalue weighted by atomic mass is 9.89. The number of nitrogens with zero attached hydrogens (tertiary/aromatic N) is 4. The number of primary amides is 1. The number of amides is 3. The molecule has 1 saturated heterocycles. The highest BCUT2D eigenvalue weighted by atomic mass is 32.1. The molecule has 10 nitrogen and oxygen atoms in total. The molecular weight excluding hydrogens is 492 g/mol. The number of benzene rings is 1. The van der Waals surface area contributed by atoms with Gasteiger partial charge in [-0.1, -0.05) is 13.0 Å². The summed E-state index contributed by atoms with van der Waals surface area (Å²) in [5.74, 6) is -1.89. The number of pyridine rings is 1. The summed E-state index contributed by atoms with van der Waals surface area (Å²) in [7, 11) is 5.44. The van der Waals surface area contributed by atoms with Gasteiger partial charge in [-0.15, -0.1) is 11.3 Å². The van der Waals surface area contributed by atoms with Crippen LogP contribution in [0.25, 0.3) is 10.2 Å². The second-order valence-corrected chi connectivity index (χ2v) is 10.8. The Bertz CT molecular complexity index is 1320. The van der Waals surface area contributed by atoms with Crippen LogP contribution in [-0.4, -0.2) is 71.8 Å². The number of carbonyl (C=O) groups is 3. The molecule has 2 aromatic heterocycles. The number of rotatable bonds is 7. The molecule has 3 aromatic rings. The van der Waals surface area contributed by atoms with Gasteiger partial charge in [0.15, 0.2) is 0 Å². The fraction of sp³-hybridized carbons (Fsp3) is 0.423. The van der Waals surface area contributed by atoms with Crippen molar-refractivity contribution >= 4 is 45.0 Å². The number of carbonyl (C=O) groups excluding carboxylic acids is 3. The minimum Gasteiger partial charge on any atom is -0.480 e. The van der Waals surface area contributed by atoms with Crippen molar-refractivity contribution in [2.24, 2.45) is 11.7 Å². The third-order valence-corrected chi connectivity index (χ3v) is 7.55. The Balaban J connectivity index is 1.55. The van der Waals surface area contributed by atoms with Crippen molar-refractivity contribution < 1.29 is 19.1 Å². The minimum absolute atomic E-state index is 0.0127. The van der Waals surface area contributed by atoms with E-state index in [2.05, 4.69) is 28.2 Å². The third kappa shape index (κ3) is 6.05. The molecule has 1 aliphatic heterocycles. The van der Waals surface area contributed by atoms with Crippen LogP contribution >= 0.6 is 11.3 Å². The molecule has 0 spiro atoms. The predicted octanol–water partition coefficient (Wildman–Crippen LogP) is 2.84. The zero-order chi connectivity index (χ0) is 26.7. The van der Waals surface area contributed by atoms with Crippen molar-refractivity contribution in [2.45, 2.75) is 32.2 Å². The van der Waals surface area contributed by atoms with E-state index in [-0.39, 0.29) is 29.1 Å². The van der Waals surface area contributed by atoms with E-state index in [4.69, 9.17) is 15.5 Å². The molecular formula is C26H32N6O4S. The number of ether oxygens (including phenoxy) is 1. The molecule has 1 fully saturated rings. The van der Waals surface area contributed by atoms with Crippen LogP contribution in [0, 0.1) is 5.92 Å². The Hall–Kier alpha value is -3.57. The number of nitrogens with one attached hydrogen (secondary N) is 1.